The van der Waals surface area contributed by atoms with Crippen LogP contribution in [0, 0.1) is 17.2 Å². The monoisotopic (exact) mass is 414 g/mol. The summed E-state index contributed by atoms with van der Waals surface area (Å²) in [4.78, 5) is 31.6. The van der Waals surface area contributed by atoms with Crippen molar-refractivity contribution < 1.29 is 18.8 Å². The molecule has 1 aliphatic heterocycles. The molecule has 1 aromatic carbocycles. The van der Waals surface area contributed by atoms with Gasteiger partial charge < -0.3 is 9.74 Å². The number of hydrogen-bond acceptors (Lipinski definition) is 4. The summed E-state index contributed by atoms with van der Waals surface area (Å²) >= 11 is 3.30. The average molecular weight is 415 g/mol. The summed E-state index contributed by atoms with van der Waals surface area (Å²) in [5.74, 6) is -0.796. The van der Waals surface area contributed by atoms with E-state index in [0.717, 1.165) is 0 Å². The molecule has 0 radical (unpaired) electrons. The molecular formula is C18H24BrFN2O3. The van der Waals surface area contributed by atoms with E-state index in [0.29, 0.717) is 36.1 Å². The number of carbonyl (C=O) groups is 2. The van der Waals surface area contributed by atoms with E-state index in [9.17, 15) is 14.0 Å². The van der Waals surface area contributed by atoms with Gasteiger partial charge in [0.05, 0.1) is 11.1 Å². The molecule has 25 heavy (non-hydrogen) atoms. The highest BCUT2D eigenvalue weighted by Gasteiger charge is 2.32. The molecule has 138 valence electrons. The molecule has 1 aliphatic rings. The number of rotatable bonds is 3. The van der Waals surface area contributed by atoms with Crippen LogP contribution in [-0.4, -0.2) is 37.1 Å². The molecule has 2 rings (SSSR count). The minimum Gasteiger partial charge on any atom is -0.367 e. The van der Waals surface area contributed by atoms with E-state index >= 15 is 0 Å². The number of hydrogen-bond donors (Lipinski definition) is 0. The van der Waals surface area contributed by atoms with Crippen molar-refractivity contribution in [3.8, 4) is 0 Å². The highest BCUT2D eigenvalue weighted by molar-refractivity contribution is 9.10. The number of carbonyl (C=O) groups excluding carboxylic acids is 2. The summed E-state index contributed by atoms with van der Waals surface area (Å²) in [6.07, 6.45) is 1.22. The van der Waals surface area contributed by atoms with E-state index in [1.54, 1.807) is 43.8 Å². The van der Waals surface area contributed by atoms with Crippen LogP contribution >= 0.6 is 15.9 Å². The number of halogens is 2. The van der Waals surface area contributed by atoms with Gasteiger partial charge in [-0.2, -0.15) is 0 Å². The van der Waals surface area contributed by atoms with E-state index in [-0.39, 0.29) is 23.6 Å². The number of piperidine rings is 1. The first-order valence-electron chi connectivity index (χ1n) is 8.29. The lowest BCUT2D eigenvalue weighted by Crippen LogP contribution is -2.43. The van der Waals surface area contributed by atoms with Crippen molar-refractivity contribution in [1.82, 2.24) is 5.06 Å². The van der Waals surface area contributed by atoms with Crippen LogP contribution < -0.4 is 4.90 Å². The van der Waals surface area contributed by atoms with Gasteiger partial charge in [0.25, 0.3) is 0 Å². The predicted octanol–water partition coefficient (Wildman–Crippen LogP) is 3.77. The third-order valence-electron chi connectivity index (χ3n) is 4.23. The summed E-state index contributed by atoms with van der Waals surface area (Å²) in [6.45, 7) is 6.47. The highest BCUT2D eigenvalue weighted by Crippen LogP contribution is 2.29. The fourth-order valence-corrected chi connectivity index (χ4v) is 3.21. The molecule has 1 amide bonds. The van der Waals surface area contributed by atoms with E-state index < -0.39 is 5.41 Å². The zero-order valence-electron chi connectivity index (χ0n) is 15.0. The largest absolute Gasteiger partial charge is 0.367 e. The fourth-order valence-electron chi connectivity index (χ4n) is 2.59. The Balaban J connectivity index is 1.93. The lowest BCUT2D eigenvalue weighted by atomic mass is 9.96. The Morgan fingerprint density at radius 2 is 1.88 bits per heavy atom. The van der Waals surface area contributed by atoms with E-state index in [1.165, 1.54) is 12.1 Å². The van der Waals surface area contributed by atoms with Gasteiger partial charge in [0.1, 0.15) is 5.82 Å². The van der Waals surface area contributed by atoms with Crippen LogP contribution in [0.3, 0.4) is 0 Å². The fraction of sp³-hybridized carbons (Fsp3) is 0.556. The van der Waals surface area contributed by atoms with Crippen LogP contribution in [0.1, 0.15) is 33.6 Å². The van der Waals surface area contributed by atoms with E-state index in [2.05, 4.69) is 15.9 Å². The molecular weight excluding hydrogens is 391 g/mol. The molecule has 0 atom stereocenters. The molecule has 0 aliphatic carbocycles. The Morgan fingerprint density at radius 1 is 1.28 bits per heavy atom. The number of amides is 1. The average Bonchev–Trinajstić information content (AvgIpc) is 2.53. The first kappa shape index (κ1) is 19.8. The number of nitrogens with zero attached hydrogens (tertiary/aromatic N) is 2. The Kier molecular flexibility index (Phi) is 6.21. The molecule has 0 aromatic heterocycles. The molecule has 0 N–H and O–H groups in total. The summed E-state index contributed by atoms with van der Waals surface area (Å²) in [5.41, 5.74) is 0.0786. The SMILES string of the molecule is CN(C(=O)C1CCN(OC(=O)C(C)(C)C)CC1)c1ccc(F)cc1Br. The van der Waals surface area contributed by atoms with Crippen LogP contribution in [0.5, 0.6) is 0 Å². The molecule has 0 spiro atoms. The van der Waals surface area contributed by atoms with E-state index in [4.69, 9.17) is 4.84 Å². The van der Waals surface area contributed by atoms with Gasteiger partial charge in [-0.1, -0.05) is 0 Å². The molecule has 1 fully saturated rings. The first-order valence-corrected chi connectivity index (χ1v) is 9.09. The predicted molar refractivity (Wildman–Crippen MR) is 97.4 cm³/mol. The molecule has 0 saturated carbocycles. The summed E-state index contributed by atoms with van der Waals surface area (Å²) in [6, 6.07) is 4.25. The maximum absolute atomic E-state index is 13.2. The van der Waals surface area contributed by atoms with Crippen molar-refractivity contribution >= 4 is 33.5 Å². The molecule has 7 heteroatoms. The van der Waals surface area contributed by atoms with Gasteiger partial charge >= 0.3 is 5.97 Å². The van der Waals surface area contributed by atoms with Crippen LogP contribution in [-0.2, 0) is 14.4 Å². The van der Waals surface area contributed by atoms with Crippen LogP contribution in [0.4, 0.5) is 10.1 Å². The zero-order valence-corrected chi connectivity index (χ0v) is 16.6. The quantitative estimate of drug-likeness (QED) is 0.755. The van der Waals surface area contributed by atoms with Gasteiger partial charge in [-0.05, 0) is 67.7 Å². The standard InChI is InChI=1S/C18H24BrFN2O3/c1-18(2,3)17(24)25-22-9-7-12(8-10-22)16(23)21(4)15-6-5-13(20)11-14(15)19/h5-6,11-12H,7-10H2,1-4H3. The third-order valence-corrected chi connectivity index (χ3v) is 4.86. The maximum atomic E-state index is 13.2. The zero-order chi connectivity index (χ0) is 18.8. The van der Waals surface area contributed by atoms with Crippen LogP contribution in [0.2, 0.25) is 0 Å². The van der Waals surface area contributed by atoms with Crippen molar-refractivity contribution in [2.24, 2.45) is 11.3 Å². The van der Waals surface area contributed by atoms with Gasteiger partial charge in [0.15, 0.2) is 0 Å². The number of anilines is 1. The van der Waals surface area contributed by atoms with Crippen molar-refractivity contribution in [3.05, 3.63) is 28.5 Å². The van der Waals surface area contributed by atoms with E-state index in [1.807, 2.05) is 0 Å². The molecule has 5 nitrogen and oxygen atoms in total. The van der Waals surface area contributed by atoms with Gasteiger partial charge in [-0.25, -0.2) is 9.18 Å². The maximum Gasteiger partial charge on any atom is 0.330 e. The number of hydroxylamine groups is 2. The van der Waals surface area contributed by atoms with Crippen molar-refractivity contribution in [2.75, 3.05) is 25.0 Å². The molecule has 1 saturated heterocycles. The molecule has 0 bridgehead atoms. The minimum atomic E-state index is -0.554. The summed E-state index contributed by atoms with van der Waals surface area (Å²) in [5, 5.41) is 1.63. The molecule has 1 aromatic rings. The molecule has 1 heterocycles. The summed E-state index contributed by atoms with van der Waals surface area (Å²) in [7, 11) is 1.69. The second-order valence-corrected chi connectivity index (χ2v) is 8.18. The molecule has 0 unspecified atom stereocenters. The second kappa shape index (κ2) is 7.83. The van der Waals surface area contributed by atoms with Gasteiger partial charge in [-0.3, -0.25) is 4.79 Å². The lowest BCUT2D eigenvalue weighted by molar-refractivity contribution is -0.205. The smallest absolute Gasteiger partial charge is 0.330 e. The third kappa shape index (κ3) is 5.01. The first-order chi connectivity index (χ1) is 11.6. The number of benzene rings is 1. The topological polar surface area (TPSA) is 49.9 Å². The Morgan fingerprint density at radius 3 is 2.40 bits per heavy atom. The summed E-state index contributed by atoms with van der Waals surface area (Å²) < 4.78 is 13.8. The Labute approximate surface area is 156 Å². The van der Waals surface area contributed by atoms with Crippen molar-refractivity contribution in [2.45, 2.75) is 33.6 Å². The second-order valence-electron chi connectivity index (χ2n) is 7.33. The van der Waals surface area contributed by atoms with Crippen molar-refractivity contribution in [3.63, 3.8) is 0 Å². The van der Waals surface area contributed by atoms with Crippen LogP contribution in [0.25, 0.3) is 0 Å². The van der Waals surface area contributed by atoms with Gasteiger partial charge in [-0.15, -0.1) is 5.06 Å². The minimum absolute atomic E-state index is 0.0193. The normalized spacial score (nSPS) is 16.6. The lowest BCUT2D eigenvalue weighted by Gasteiger charge is -2.33. The Bertz CT molecular complexity index is 652. The van der Waals surface area contributed by atoms with Crippen molar-refractivity contribution in [1.29, 1.82) is 0 Å². The highest BCUT2D eigenvalue weighted by atomic mass is 79.9. The Hall–Kier alpha value is -1.47. The van der Waals surface area contributed by atoms with Crippen LogP contribution in [0.15, 0.2) is 22.7 Å². The van der Waals surface area contributed by atoms with Gasteiger partial charge in [0, 0.05) is 30.5 Å². The van der Waals surface area contributed by atoms with Gasteiger partial charge in [0.2, 0.25) is 5.91 Å².